The number of carbonyl (C=O) groups excluding carboxylic acids is 3. The molecule has 1 spiro atoms. The zero-order valence-electron chi connectivity index (χ0n) is 18.8. The number of ether oxygens (including phenoxy) is 1. The second-order valence-corrected chi connectivity index (χ2v) is 8.57. The van der Waals surface area contributed by atoms with Gasteiger partial charge in [-0.2, -0.15) is 0 Å². The number of amides is 4. The lowest BCUT2D eigenvalue weighted by atomic mass is 9.92. The Kier molecular flexibility index (Phi) is 5.53. The molecule has 5 rings (SSSR count). The molecule has 0 aromatic heterocycles. The van der Waals surface area contributed by atoms with Crippen LogP contribution < -0.4 is 15.4 Å². The lowest BCUT2D eigenvalue weighted by Crippen LogP contribution is -2.44. The predicted octanol–water partition coefficient (Wildman–Crippen LogP) is 3.29. The number of rotatable bonds is 6. The first-order chi connectivity index (χ1) is 16.5. The van der Waals surface area contributed by atoms with Crippen molar-refractivity contribution in [3.8, 4) is 5.75 Å². The Morgan fingerprint density at radius 3 is 2.41 bits per heavy atom. The van der Waals surface area contributed by atoms with Gasteiger partial charge < -0.3 is 15.4 Å². The van der Waals surface area contributed by atoms with Gasteiger partial charge >= 0.3 is 6.03 Å². The fourth-order valence-corrected chi connectivity index (χ4v) is 4.88. The van der Waals surface area contributed by atoms with Crippen LogP contribution in [0, 0.1) is 0 Å². The third-order valence-corrected chi connectivity index (χ3v) is 6.61. The van der Waals surface area contributed by atoms with Crippen LogP contribution in [0.5, 0.6) is 5.75 Å². The van der Waals surface area contributed by atoms with Crippen LogP contribution in [-0.4, -0.2) is 36.4 Å². The summed E-state index contributed by atoms with van der Waals surface area (Å²) in [6.07, 6.45) is 1.20. The van der Waals surface area contributed by atoms with E-state index in [9.17, 15) is 14.4 Å². The molecule has 7 heteroatoms. The van der Waals surface area contributed by atoms with Gasteiger partial charge in [0.1, 0.15) is 17.8 Å². The topological polar surface area (TPSA) is 87.7 Å². The molecule has 34 heavy (non-hydrogen) atoms. The summed E-state index contributed by atoms with van der Waals surface area (Å²) < 4.78 is 5.24. The summed E-state index contributed by atoms with van der Waals surface area (Å²) in [5.41, 5.74) is 2.53. The van der Waals surface area contributed by atoms with Crippen LogP contribution in [0.2, 0.25) is 0 Å². The first kappa shape index (κ1) is 21.7. The van der Waals surface area contributed by atoms with Crippen molar-refractivity contribution in [1.29, 1.82) is 0 Å². The molecule has 3 aromatic rings. The normalized spacial score (nSPS) is 19.6. The molecule has 1 aliphatic heterocycles. The average molecular weight is 456 g/mol. The second kappa shape index (κ2) is 8.67. The van der Waals surface area contributed by atoms with E-state index in [0.717, 1.165) is 27.2 Å². The van der Waals surface area contributed by atoms with E-state index in [1.165, 1.54) is 0 Å². The minimum absolute atomic E-state index is 0.353. The summed E-state index contributed by atoms with van der Waals surface area (Å²) >= 11 is 0. The van der Waals surface area contributed by atoms with Gasteiger partial charge in [-0.05, 0) is 47.2 Å². The predicted molar refractivity (Wildman–Crippen MR) is 126 cm³/mol. The van der Waals surface area contributed by atoms with E-state index in [1.807, 2.05) is 78.9 Å². The summed E-state index contributed by atoms with van der Waals surface area (Å²) in [7, 11) is 1.60. The van der Waals surface area contributed by atoms with Crippen LogP contribution in [-0.2, 0) is 21.5 Å². The van der Waals surface area contributed by atoms with Crippen molar-refractivity contribution in [2.45, 2.75) is 24.4 Å². The Morgan fingerprint density at radius 1 is 1.00 bits per heavy atom. The van der Waals surface area contributed by atoms with Gasteiger partial charge in [-0.1, -0.05) is 66.7 Å². The highest BCUT2D eigenvalue weighted by Crippen LogP contribution is 2.41. The fourth-order valence-electron chi connectivity index (χ4n) is 4.88. The molecule has 0 bridgehead atoms. The average Bonchev–Trinajstić information content (AvgIpc) is 3.36. The van der Waals surface area contributed by atoms with Gasteiger partial charge in [-0.15, -0.1) is 0 Å². The highest BCUT2D eigenvalue weighted by atomic mass is 16.5. The highest BCUT2D eigenvalue weighted by molar-refractivity contribution is 6.10. The van der Waals surface area contributed by atoms with Crippen LogP contribution in [0.15, 0.2) is 78.9 Å². The zero-order chi connectivity index (χ0) is 23.7. The summed E-state index contributed by atoms with van der Waals surface area (Å²) in [5.74, 6) is -0.0850. The zero-order valence-corrected chi connectivity index (χ0v) is 18.8. The smallest absolute Gasteiger partial charge is 0.325 e. The SMILES string of the molecule is COc1ccc([C@H](NC(=O)CN2C(=O)N[C@@]3(CCc4ccccc43)C2=O)c2ccccc2)cc1. The Morgan fingerprint density at radius 2 is 1.68 bits per heavy atom. The van der Waals surface area contributed by atoms with E-state index < -0.39 is 23.5 Å². The van der Waals surface area contributed by atoms with E-state index in [2.05, 4.69) is 10.6 Å². The Bertz CT molecular complexity index is 1240. The number of carbonyl (C=O) groups is 3. The third kappa shape index (κ3) is 3.69. The highest BCUT2D eigenvalue weighted by Gasteiger charge is 2.55. The molecule has 2 atom stereocenters. The van der Waals surface area contributed by atoms with Gasteiger partial charge in [-0.3, -0.25) is 14.5 Å². The van der Waals surface area contributed by atoms with E-state index in [-0.39, 0.29) is 12.5 Å². The Hall–Kier alpha value is -4.13. The number of nitrogens with zero attached hydrogens (tertiary/aromatic N) is 1. The molecule has 1 aliphatic carbocycles. The number of fused-ring (bicyclic) bond motifs is 2. The van der Waals surface area contributed by atoms with Crippen LogP contribution in [0.4, 0.5) is 4.79 Å². The van der Waals surface area contributed by atoms with Crippen LogP contribution in [0.3, 0.4) is 0 Å². The maximum Gasteiger partial charge on any atom is 0.325 e. The van der Waals surface area contributed by atoms with Crippen molar-refractivity contribution in [2.75, 3.05) is 13.7 Å². The molecular formula is C27H25N3O4. The number of hydrogen-bond donors (Lipinski definition) is 2. The molecule has 0 radical (unpaired) electrons. The monoisotopic (exact) mass is 455 g/mol. The molecule has 1 fully saturated rings. The molecule has 7 nitrogen and oxygen atoms in total. The van der Waals surface area contributed by atoms with Crippen molar-refractivity contribution >= 4 is 17.8 Å². The number of methoxy groups -OCH3 is 1. The summed E-state index contributed by atoms with van der Waals surface area (Å²) in [5, 5.41) is 5.86. The Labute approximate surface area is 197 Å². The number of urea groups is 1. The van der Waals surface area contributed by atoms with Crippen LogP contribution in [0.25, 0.3) is 0 Å². The molecule has 3 aromatic carbocycles. The van der Waals surface area contributed by atoms with Crippen LogP contribution in [0.1, 0.15) is 34.7 Å². The van der Waals surface area contributed by atoms with Gasteiger partial charge in [0.25, 0.3) is 5.91 Å². The summed E-state index contributed by atoms with van der Waals surface area (Å²) in [6, 6.07) is 23.6. The van der Waals surface area contributed by atoms with Crippen molar-refractivity contribution in [1.82, 2.24) is 15.5 Å². The van der Waals surface area contributed by atoms with Crippen molar-refractivity contribution in [3.63, 3.8) is 0 Å². The first-order valence-corrected chi connectivity index (χ1v) is 11.2. The van der Waals surface area contributed by atoms with Gasteiger partial charge in [0.2, 0.25) is 5.91 Å². The first-order valence-electron chi connectivity index (χ1n) is 11.2. The van der Waals surface area contributed by atoms with Crippen molar-refractivity contribution in [3.05, 3.63) is 101 Å². The molecule has 1 saturated heterocycles. The van der Waals surface area contributed by atoms with E-state index in [1.54, 1.807) is 7.11 Å². The van der Waals surface area contributed by atoms with Crippen molar-refractivity contribution < 1.29 is 19.1 Å². The maximum absolute atomic E-state index is 13.4. The van der Waals surface area contributed by atoms with Crippen LogP contribution >= 0.6 is 0 Å². The number of hydrogen-bond acceptors (Lipinski definition) is 4. The van der Waals surface area contributed by atoms with Gasteiger partial charge in [0, 0.05) is 0 Å². The number of imide groups is 1. The van der Waals surface area contributed by atoms with Gasteiger partial charge in [0.15, 0.2) is 0 Å². The fraction of sp³-hybridized carbons (Fsp3) is 0.222. The van der Waals surface area contributed by atoms with Gasteiger partial charge in [-0.25, -0.2) is 4.79 Å². The molecular weight excluding hydrogens is 430 g/mol. The lowest BCUT2D eigenvalue weighted by molar-refractivity contribution is -0.135. The van der Waals surface area contributed by atoms with E-state index in [4.69, 9.17) is 4.74 Å². The standard InChI is InChI=1S/C27H25N3O4/c1-34-21-13-11-20(12-14-21)24(19-8-3-2-4-9-19)28-23(31)17-30-25(32)27(29-26(30)33)16-15-18-7-5-6-10-22(18)27/h2-14,24H,15-17H2,1H3,(H,28,31)(H,29,33)/t24-,27-/m1/s1. The summed E-state index contributed by atoms with van der Waals surface area (Å²) in [6.45, 7) is -0.353. The number of nitrogens with one attached hydrogen (secondary N) is 2. The minimum atomic E-state index is -1.08. The largest absolute Gasteiger partial charge is 0.497 e. The van der Waals surface area contributed by atoms with Gasteiger partial charge in [0.05, 0.1) is 13.2 Å². The quantitative estimate of drug-likeness (QED) is 0.559. The molecule has 4 amide bonds. The van der Waals surface area contributed by atoms with E-state index in [0.29, 0.717) is 18.6 Å². The molecule has 1 heterocycles. The Balaban J connectivity index is 1.37. The summed E-state index contributed by atoms with van der Waals surface area (Å²) in [4.78, 5) is 40.3. The maximum atomic E-state index is 13.4. The molecule has 2 aliphatic rings. The molecule has 2 N–H and O–H groups in total. The second-order valence-electron chi connectivity index (χ2n) is 8.57. The van der Waals surface area contributed by atoms with E-state index >= 15 is 0 Å². The molecule has 172 valence electrons. The van der Waals surface area contributed by atoms with Crippen molar-refractivity contribution in [2.24, 2.45) is 0 Å². The molecule has 0 saturated carbocycles. The third-order valence-electron chi connectivity index (χ3n) is 6.61. The number of benzene rings is 3. The number of aryl methyl sites for hydroxylation is 1. The minimum Gasteiger partial charge on any atom is -0.497 e. The molecule has 0 unspecified atom stereocenters. The lowest BCUT2D eigenvalue weighted by Gasteiger charge is -2.23.